The van der Waals surface area contributed by atoms with Gasteiger partial charge in [0, 0.05) is 0 Å². The van der Waals surface area contributed by atoms with Crippen LogP contribution >= 0.6 is 0 Å². The lowest BCUT2D eigenvalue weighted by molar-refractivity contribution is 0.537. The van der Waals surface area contributed by atoms with Crippen LogP contribution in [0.2, 0.25) is 0 Å². The predicted molar refractivity (Wildman–Crippen MR) is 53.6 cm³/mol. The van der Waals surface area contributed by atoms with E-state index in [4.69, 9.17) is 9.31 Å². The zero-order valence-corrected chi connectivity index (χ0v) is 8.09. The first-order valence-electron chi connectivity index (χ1n) is 4.77. The molecule has 0 amide bonds. The SMILES string of the molecule is CCc1ccc(CC)c2c1OBO2. The van der Waals surface area contributed by atoms with E-state index in [9.17, 15) is 0 Å². The molecule has 0 atom stereocenters. The summed E-state index contributed by atoms with van der Waals surface area (Å²) >= 11 is 0. The van der Waals surface area contributed by atoms with Crippen LogP contribution in [0.1, 0.15) is 25.0 Å². The fourth-order valence-corrected chi connectivity index (χ4v) is 1.66. The van der Waals surface area contributed by atoms with Gasteiger partial charge in [-0.3, -0.25) is 0 Å². The van der Waals surface area contributed by atoms with E-state index in [1.54, 1.807) is 0 Å². The minimum atomic E-state index is 0.374. The van der Waals surface area contributed by atoms with Gasteiger partial charge < -0.3 is 9.31 Å². The summed E-state index contributed by atoms with van der Waals surface area (Å²) < 4.78 is 10.9. The third-order valence-electron chi connectivity index (χ3n) is 2.44. The summed E-state index contributed by atoms with van der Waals surface area (Å²) in [5.41, 5.74) is 2.48. The Morgan fingerprint density at radius 3 is 1.85 bits per heavy atom. The molecule has 0 aromatic heterocycles. The van der Waals surface area contributed by atoms with E-state index in [-0.39, 0.29) is 0 Å². The van der Waals surface area contributed by atoms with Gasteiger partial charge in [-0.15, -0.1) is 0 Å². The fourth-order valence-electron chi connectivity index (χ4n) is 1.66. The molecule has 1 heterocycles. The molecular formula is C10H13BO2. The molecule has 0 fully saturated rings. The first kappa shape index (κ1) is 8.48. The maximum atomic E-state index is 5.44. The zero-order valence-electron chi connectivity index (χ0n) is 8.09. The van der Waals surface area contributed by atoms with E-state index in [2.05, 4.69) is 26.0 Å². The van der Waals surface area contributed by atoms with E-state index in [1.165, 1.54) is 11.1 Å². The molecule has 0 aliphatic carbocycles. The Morgan fingerprint density at radius 2 is 1.46 bits per heavy atom. The molecule has 0 N–H and O–H groups in total. The standard InChI is InChI=1S/C10H13BO2/c1-3-7-5-6-8(4-2)10-9(7)12-11-13-10/h5-6,11H,3-4H2,1-2H3. The van der Waals surface area contributed by atoms with Crippen molar-refractivity contribution < 1.29 is 9.31 Å². The summed E-state index contributed by atoms with van der Waals surface area (Å²) in [5.74, 6) is 1.92. The van der Waals surface area contributed by atoms with E-state index in [0.717, 1.165) is 24.3 Å². The van der Waals surface area contributed by atoms with Crippen molar-refractivity contribution in [3.05, 3.63) is 23.3 Å². The summed E-state index contributed by atoms with van der Waals surface area (Å²) in [7, 11) is 0.374. The van der Waals surface area contributed by atoms with Crippen LogP contribution in [0.4, 0.5) is 0 Å². The lowest BCUT2D eigenvalue weighted by Crippen LogP contribution is -2.00. The zero-order chi connectivity index (χ0) is 9.26. The summed E-state index contributed by atoms with van der Waals surface area (Å²) in [5, 5.41) is 0. The van der Waals surface area contributed by atoms with E-state index in [0.29, 0.717) is 7.69 Å². The Morgan fingerprint density at radius 1 is 1.00 bits per heavy atom. The number of hydrogen-bond acceptors (Lipinski definition) is 2. The lowest BCUT2D eigenvalue weighted by Gasteiger charge is -2.08. The van der Waals surface area contributed by atoms with Crippen LogP contribution in [0.5, 0.6) is 11.5 Å². The smallest absolute Gasteiger partial charge is 0.526 e. The average molecular weight is 176 g/mol. The number of benzene rings is 1. The molecule has 0 saturated carbocycles. The van der Waals surface area contributed by atoms with Gasteiger partial charge in [-0.1, -0.05) is 26.0 Å². The second-order valence-corrected chi connectivity index (χ2v) is 3.16. The normalized spacial score (nSPS) is 12.8. The number of aryl methyl sites for hydroxylation is 2. The van der Waals surface area contributed by atoms with Crippen molar-refractivity contribution in [1.29, 1.82) is 0 Å². The topological polar surface area (TPSA) is 18.5 Å². The molecule has 0 spiro atoms. The Kier molecular flexibility index (Phi) is 2.17. The fraction of sp³-hybridized carbons (Fsp3) is 0.400. The highest BCUT2D eigenvalue weighted by Gasteiger charge is 2.21. The van der Waals surface area contributed by atoms with Crippen LogP contribution in [0.3, 0.4) is 0 Å². The predicted octanol–water partition coefficient (Wildman–Crippen LogP) is 1.85. The Hall–Kier alpha value is -1.12. The molecule has 0 unspecified atom stereocenters. The van der Waals surface area contributed by atoms with E-state index >= 15 is 0 Å². The van der Waals surface area contributed by atoms with Gasteiger partial charge in [0.2, 0.25) is 0 Å². The molecule has 13 heavy (non-hydrogen) atoms. The highest BCUT2D eigenvalue weighted by Crippen LogP contribution is 2.38. The lowest BCUT2D eigenvalue weighted by atomic mass is 10.1. The van der Waals surface area contributed by atoms with Gasteiger partial charge in [-0.25, -0.2) is 0 Å². The van der Waals surface area contributed by atoms with Gasteiger partial charge >= 0.3 is 7.69 Å². The van der Waals surface area contributed by atoms with Crippen molar-refractivity contribution >= 4 is 7.69 Å². The highest BCUT2D eigenvalue weighted by molar-refractivity contribution is 6.23. The van der Waals surface area contributed by atoms with Gasteiger partial charge in [0.25, 0.3) is 0 Å². The average Bonchev–Trinajstić information content (AvgIpc) is 2.64. The Bertz CT molecular complexity index is 292. The van der Waals surface area contributed by atoms with E-state index < -0.39 is 0 Å². The maximum absolute atomic E-state index is 5.44. The van der Waals surface area contributed by atoms with Gasteiger partial charge in [-0.2, -0.15) is 0 Å². The molecule has 1 aromatic rings. The van der Waals surface area contributed by atoms with Crippen LogP contribution < -0.4 is 9.31 Å². The number of fused-ring (bicyclic) bond motifs is 1. The van der Waals surface area contributed by atoms with Crippen molar-refractivity contribution in [1.82, 2.24) is 0 Å². The minimum Gasteiger partial charge on any atom is -0.526 e. The second kappa shape index (κ2) is 3.33. The minimum absolute atomic E-state index is 0.374. The third-order valence-corrected chi connectivity index (χ3v) is 2.44. The van der Waals surface area contributed by atoms with Crippen molar-refractivity contribution in [2.45, 2.75) is 26.7 Å². The van der Waals surface area contributed by atoms with Gasteiger partial charge in [0.15, 0.2) is 0 Å². The van der Waals surface area contributed by atoms with Crippen molar-refractivity contribution in [2.75, 3.05) is 0 Å². The Labute approximate surface area is 79.2 Å². The molecule has 1 aliphatic heterocycles. The summed E-state index contributed by atoms with van der Waals surface area (Å²) in [6.45, 7) is 4.26. The largest absolute Gasteiger partial charge is 0.576 e. The van der Waals surface area contributed by atoms with Crippen LogP contribution in [0.15, 0.2) is 12.1 Å². The third kappa shape index (κ3) is 1.28. The van der Waals surface area contributed by atoms with Gasteiger partial charge in [0.05, 0.1) is 0 Å². The molecule has 0 bridgehead atoms. The van der Waals surface area contributed by atoms with E-state index in [1.807, 2.05) is 0 Å². The summed E-state index contributed by atoms with van der Waals surface area (Å²) in [6.07, 6.45) is 1.99. The molecule has 2 nitrogen and oxygen atoms in total. The molecule has 3 heteroatoms. The van der Waals surface area contributed by atoms with Crippen LogP contribution in [-0.4, -0.2) is 7.69 Å². The van der Waals surface area contributed by atoms with Gasteiger partial charge in [0.1, 0.15) is 11.5 Å². The first-order chi connectivity index (χ1) is 6.36. The van der Waals surface area contributed by atoms with Crippen LogP contribution in [0.25, 0.3) is 0 Å². The number of rotatable bonds is 2. The molecule has 0 radical (unpaired) electrons. The van der Waals surface area contributed by atoms with Crippen molar-refractivity contribution in [2.24, 2.45) is 0 Å². The monoisotopic (exact) mass is 176 g/mol. The highest BCUT2D eigenvalue weighted by atomic mass is 16.6. The van der Waals surface area contributed by atoms with Crippen molar-refractivity contribution in [3.63, 3.8) is 0 Å². The molecular weight excluding hydrogens is 163 g/mol. The second-order valence-electron chi connectivity index (χ2n) is 3.16. The molecule has 1 aromatic carbocycles. The van der Waals surface area contributed by atoms with Gasteiger partial charge in [-0.05, 0) is 24.0 Å². The molecule has 0 saturated heterocycles. The summed E-state index contributed by atoms with van der Waals surface area (Å²) in [6, 6.07) is 4.26. The van der Waals surface area contributed by atoms with Crippen LogP contribution in [-0.2, 0) is 12.8 Å². The number of hydrogen-bond donors (Lipinski definition) is 0. The molecule has 2 rings (SSSR count). The Balaban J connectivity index is 2.52. The molecule has 68 valence electrons. The molecule has 1 aliphatic rings. The first-order valence-corrected chi connectivity index (χ1v) is 4.77. The van der Waals surface area contributed by atoms with Crippen molar-refractivity contribution in [3.8, 4) is 11.5 Å². The quantitative estimate of drug-likeness (QED) is 0.640. The maximum Gasteiger partial charge on any atom is 0.576 e. The summed E-state index contributed by atoms with van der Waals surface area (Å²) in [4.78, 5) is 0. The van der Waals surface area contributed by atoms with Crippen LogP contribution in [0, 0.1) is 0 Å².